The number of carbonyl (C=O) groups excluding carboxylic acids is 1. The van der Waals surface area contributed by atoms with Crippen LogP contribution in [0.4, 0.5) is 0 Å². The number of ether oxygens (including phenoxy) is 1. The van der Waals surface area contributed by atoms with Gasteiger partial charge in [-0.1, -0.05) is 32.0 Å². The summed E-state index contributed by atoms with van der Waals surface area (Å²) < 4.78 is 5.74. The number of carboxylic acid groups (broad SMARTS) is 1. The van der Waals surface area contributed by atoms with Gasteiger partial charge in [0.05, 0.1) is 12.2 Å². The van der Waals surface area contributed by atoms with Gasteiger partial charge in [-0.2, -0.15) is 0 Å². The van der Waals surface area contributed by atoms with E-state index < -0.39 is 11.9 Å². The van der Waals surface area contributed by atoms with Gasteiger partial charge < -0.3 is 15.2 Å². The second kappa shape index (κ2) is 8.10. The lowest BCUT2D eigenvalue weighted by molar-refractivity contribution is 0.0696. The number of hydrogen-bond donors (Lipinski definition) is 2. The van der Waals surface area contributed by atoms with Crippen molar-refractivity contribution in [2.24, 2.45) is 5.92 Å². The highest BCUT2D eigenvalue weighted by Gasteiger charge is 2.12. The Kier molecular flexibility index (Phi) is 5.89. The molecule has 126 valence electrons. The molecule has 0 fully saturated rings. The number of para-hydroxylation sites is 1. The van der Waals surface area contributed by atoms with Crippen molar-refractivity contribution in [2.45, 2.75) is 20.4 Å². The molecule has 0 unspecified atom stereocenters. The Morgan fingerprint density at radius 3 is 2.71 bits per heavy atom. The lowest BCUT2D eigenvalue weighted by atomic mass is 10.2. The van der Waals surface area contributed by atoms with Gasteiger partial charge in [-0.25, -0.2) is 4.79 Å². The van der Waals surface area contributed by atoms with Crippen LogP contribution in [0.5, 0.6) is 5.75 Å². The molecule has 1 heterocycles. The molecule has 0 aliphatic carbocycles. The molecule has 2 aromatic rings. The van der Waals surface area contributed by atoms with Crippen molar-refractivity contribution in [1.29, 1.82) is 0 Å². The highest BCUT2D eigenvalue weighted by Crippen LogP contribution is 2.18. The first kappa shape index (κ1) is 17.5. The van der Waals surface area contributed by atoms with Crippen LogP contribution in [0, 0.1) is 5.92 Å². The zero-order valence-corrected chi connectivity index (χ0v) is 13.7. The normalized spacial score (nSPS) is 10.5. The lowest BCUT2D eigenvalue weighted by Crippen LogP contribution is -2.24. The Bertz CT molecular complexity index is 728. The van der Waals surface area contributed by atoms with E-state index in [2.05, 4.69) is 24.1 Å². The molecule has 6 heteroatoms. The van der Waals surface area contributed by atoms with Crippen molar-refractivity contribution in [3.05, 3.63) is 59.4 Å². The summed E-state index contributed by atoms with van der Waals surface area (Å²) in [5, 5.41) is 11.7. The summed E-state index contributed by atoms with van der Waals surface area (Å²) in [6.45, 7) is 4.98. The molecule has 0 aliphatic heterocycles. The van der Waals surface area contributed by atoms with Crippen molar-refractivity contribution in [3.63, 3.8) is 0 Å². The molecule has 0 radical (unpaired) electrons. The molecule has 0 saturated carbocycles. The Labute approximate surface area is 140 Å². The fraction of sp³-hybridized carbons (Fsp3) is 0.278. The zero-order valence-electron chi connectivity index (χ0n) is 13.7. The molecule has 1 aromatic carbocycles. The number of benzene rings is 1. The molecule has 24 heavy (non-hydrogen) atoms. The number of amides is 1. The molecule has 0 saturated heterocycles. The van der Waals surface area contributed by atoms with E-state index >= 15 is 0 Å². The Morgan fingerprint density at radius 1 is 1.25 bits per heavy atom. The summed E-state index contributed by atoms with van der Waals surface area (Å²) in [6, 6.07) is 10.1. The summed E-state index contributed by atoms with van der Waals surface area (Å²) in [5.74, 6) is -0.412. The van der Waals surface area contributed by atoms with Gasteiger partial charge in [0.2, 0.25) is 0 Å². The quantitative estimate of drug-likeness (QED) is 0.816. The van der Waals surface area contributed by atoms with Crippen molar-refractivity contribution >= 4 is 11.9 Å². The highest BCUT2D eigenvalue weighted by molar-refractivity contribution is 5.95. The molecule has 6 nitrogen and oxygen atoms in total. The van der Waals surface area contributed by atoms with Crippen LogP contribution in [0.2, 0.25) is 0 Å². The van der Waals surface area contributed by atoms with E-state index in [0.29, 0.717) is 12.5 Å². The van der Waals surface area contributed by atoms with Crippen molar-refractivity contribution < 1.29 is 19.4 Å². The molecule has 2 N–H and O–H groups in total. The Morgan fingerprint density at radius 2 is 2.00 bits per heavy atom. The van der Waals surface area contributed by atoms with E-state index in [1.165, 1.54) is 18.3 Å². The van der Waals surface area contributed by atoms with Gasteiger partial charge in [0.1, 0.15) is 11.4 Å². The van der Waals surface area contributed by atoms with E-state index in [9.17, 15) is 9.59 Å². The number of nitrogens with one attached hydrogen (secondary N) is 1. The fourth-order valence-electron chi connectivity index (χ4n) is 2.00. The molecule has 0 bridgehead atoms. The third-order valence-electron chi connectivity index (χ3n) is 3.22. The smallest absolute Gasteiger partial charge is 0.335 e. The number of rotatable bonds is 7. The summed E-state index contributed by atoms with van der Waals surface area (Å²) in [6.07, 6.45) is 1.30. The van der Waals surface area contributed by atoms with Gasteiger partial charge >= 0.3 is 5.97 Å². The predicted octanol–water partition coefficient (Wildman–Crippen LogP) is 2.74. The Hall–Kier alpha value is -2.89. The maximum absolute atomic E-state index is 12.2. The van der Waals surface area contributed by atoms with Crippen LogP contribution in [-0.2, 0) is 6.54 Å². The van der Waals surface area contributed by atoms with Crippen LogP contribution in [0.1, 0.15) is 40.3 Å². The molecular formula is C18H20N2O4. The van der Waals surface area contributed by atoms with Crippen LogP contribution < -0.4 is 10.1 Å². The summed E-state index contributed by atoms with van der Waals surface area (Å²) in [7, 11) is 0. The van der Waals surface area contributed by atoms with E-state index in [0.717, 1.165) is 11.3 Å². The van der Waals surface area contributed by atoms with Crippen LogP contribution >= 0.6 is 0 Å². The third-order valence-corrected chi connectivity index (χ3v) is 3.22. The molecule has 1 amide bonds. The second-order valence-corrected chi connectivity index (χ2v) is 5.73. The first-order valence-electron chi connectivity index (χ1n) is 7.65. The first-order chi connectivity index (χ1) is 11.5. The minimum Gasteiger partial charge on any atom is -0.493 e. The zero-order chi connectivity index (χ0) is 17.5. The van der Waals surface area contributed by atoms with Gasteiger partial charge in [0.15, 0.2) is 0 Å². The average Bonchev–Trinajstić information content (AvgIpc) is 2.58. The minimum atomic E-state index is -1.10. The van der Waals surface area contributed by atoms with Gasteiger partial charge in [-0.15, -0.1) is 0 Å². The molecule has 0 atom stereocenters. The summed E-state index contributed by atoms with van der Waals surface area (Å²) in [5.41, 5.74) is 0.937. The van der Waals surface area contributed by atoms with Gasteiger partial charge in [0, 0.05) is 18.3 Å². The minimum absolute atomic E-state index is 0.0239. The number of aromatic nitrogens is 1. The molecule has 2 rings (SSSR count). The number of aromatic carboxylic acids is 1. The maximum Gasteiger partial charge on any atom is 0.335 e. The van der Waals surface area contributed by atoms with Gasteiger partial charge in [0.25, 0.3) is 5.91 Å². The van der Waals surface area contributed by atoms with E-state index in [-0.39, 0.29) is 17.8 Å². The van der Waals surface area contributed by atoms with Crippen LogP contribution in [-0.4, -0.2) is 28.6 Å². The van der Waals surface area contributed by atoms with Crippen molar-refractivity contribution in [1.82, 2.24) is 10.3 Å². The van der Waals surface area contributed by atoms with Gasteiger partial charge in [-0.05, 0) is 24.1 Å². The summed E-state index contributed by atoms with van der Waals surface area (Å²) in [4.78, 5) is 27.0. The average molecular weight is 328 g/mol. The fourth-order valence-corrected chi connectivity index (χ4v) is 2.00. The maximum atomic E-state index is 12.2. The third kappa shape index (κ3) is 4.81. The SMILES string of the molecule is CC(C)COc1ccccc1CNC(=O)c1cc(C(=O)O)ccn1. The predicted molar refractivity (Wildman–Crippen MR) is 89.1 cm³/mol. The number of carboxylic acids is 1. The van der Waals surface area contributed by atoms with Crippen LogP contribution in [0.25, 0.3) is 0 Å². The van der Waals surface area contributed by atoms with Gasteiger partial charge in [-0.3, -0.25) is 9.78 Å². The van der Waals surface area contributed by atoms with Crippen LogP contribution in [0.3, 0.4) is 0 Å². The van der Waals surface area contributed by atoms with Crippen molar-refractivity contribution in [2.75, 3.05) is 6.61 Å². The summed E-state index contributed by atoms with van der Waals surface area (Å²) >= 11 is 0. The monoisotopic (exact) mass is 328 g/mol. The van der Waals surface area contributed by atoms with E-state index in [1.54, 1.807) is 0 Å². The topological polar surface area (TPSA) is 88.5 Å². The highest BCUT2D eigenvalue weighted by atomic mass is 16.5. The molecule has 0 spiro atoms. The molecular weight excluding hydrogens is 308 g/mol. The van der Waals surface area contributed by atoms with E-state index in [4.69, 9.17) is 9.84 Å². The lowest BCUT2D eigenvalue weighted by Gasteiger charge is -2.13. The number of pyridine rings is 1. The van der Waals surface area contributed by atoms with Crippen LogP contribution in [0.15, 0.2) is 42.6 Å². The number of nitrogens with zero attached hydrogens (tertiary/aromatic N) is 1. The molecule has 1 aromatic heterocycles. The largest absolute Gasteiger partial charge is 0.493 e. The first-order valence-corrected chi connectivity index (χ1v) is 7.65. The number of carbonyl (C=O) groups is 2. The van der Waals surface area contributed by atoms with E-state index in [1.807, 2.05) is 24.3 Å². The number of hydrogen-bond acceptors (Lipinski definition) is 4. The molecule has 0 aliphatic rings. The Balaban J connectivity index is 2.04. The standard InChI is InChI=1S/C18H20N2O4/c1-12(2)11-24-16-6-4-3-5-14(16)10-20-17(21)15-9-13(18(22)23)7-8-19-15/h3-9,12H,10-11H2,1-2H3,(H,20,21)(H,22,23). The second-order valence-electron chi connectivity index (χ2n) is 5.73. The van der Waals surface area contributed by atoms with Crippen molar-refractivity contribution in [3.8, 4) is 5.75 Å².